The fraction of sp³-hybridized carbons (Fsp3) is 0.857. The third-order valence-corrected chi connectivity index (χ3v) is 11.3. The Kier molecular flexibility index (Phi) is 8.37. The first-order chi connectivity index (χ1) is 14.2. The Morgan fingerprint density at radius 3 is 2.39 bits per heavy atom. The fourth-order valence-electron chi connectivity index (χ4n) is 5.03. The molecule has 4 atom stereocenters. The summed E-state index contributed by atoms with van der Waals surface area (Å²) < 4.78 is 4.67. The molecule has 0 spiro atoms. The summed E-state index contributed by atoms with van der Waals surface area (Å²) in [6, 6.07) is 0. The second-order valence-electron chi connectivity index (χ2n) is 9.80. The lowest BCUT2D eigenvalue weighted by Crippen LogP contribution is -2.83. The molecule has 2 aliphatic rings. The lowest BCUT2D eigenvalue weighted by molar-refractivity contribution is -0.978. The zero-order valence-corrected chi connectivity index (χ0v) is 21.7. The highest BCUT2D eigenvalue weighted by atomic mass is 33.1. The molecule has 2 fully saturated rings. The van der Waals surface area contributed by atoms with Crippen molar-refractivity contribution in [2.45, 2.75) is 95.5 Å². The van der Waals surface area contributed by atoms with Crippen molar-refractivity contribution in [3.05, 3.63) is 0 Å². The van der Waals surface area contributed by atoms with Gasteiger partial charge in [-0.1, -0.05) is 60.5 Å². The molecule has 7 nitrogen and oxygen atoms in total. The molecule has 0 aromatic rings. The Balaban J connectivity index is 2.23. The number of rotatable bonds is 8. The Morgan fingerprint density at radius 2 is 1.90 bits per heavy atom. The maximum absolute atomic E-state index is 12.7. The van der Waals surface area contributed by atoms with Crippen molar-refractivity contribution in [2.24, 2.45) is 5.41 Å². The van der Waals surface area contributed by atoms with Crippen LogP contribution in [0, 0.1) is 5.41 Å². The van der Waals surface area contributed by atoms with Crippen LogP contribution in [0.15, 0.2) is 0 Å². The molecule has 2 heterocycles. The van der Waals surface area contributed by atoms with E-state index in [1.54, 1.807) is 34.6 Å². The van der Waals surface area contributed by atoms with Crippen molar-refractivity contribution in [2.75, 3.05) is 11.5 Å². The number of hydrogen-bond donors (Lipinski definition) is 1. The van der Waals surface area contributed by atoms with Gasteiger partial charge in [-0.05, 0) is 19.3 Å². The number of carboxylic acids is 1. The minimum absolute atomic E-state index is 0.0752. The number of carbonyl (C=O) groups excluding carboxylic acids is 2. The van der Waals surface area contributed by atoms with Gasteiger partial charge in [0, 0.05) is 43.6 Å². The molecule has 0 aromatic carbocycles. The normalized spacial score (nSPS) is 31.4. The SMILES string of the molecule is CC(OC(=O)CCCC[C@@H]1CCSS1)[N+]1(C(=O)[O-])C(C)(C)SC[C@@]1(C(=O)O)C(C)(C)C. The lowest BCUT2D eigenvalue weighted by Gasteiger charge is -2.57. The van der Waals surface area contributed by atoms with Crippen molar-refractivity contribution in [3.63, 3.8) is 0 Å². The Labute approximate surface area is 197 Å². The number of esters is 1. The number of aliphatic carboxylic acids is 1. The molecule has 178 valence electrons. The molecule has 2 saturated heterocycles. The quantitative estimate of drug-likeness (QED) is 0.231. The second-order valence-corrected chi connectivity index (χ2v) is 14.2. The molecule has 1 amide bonds. The van der Waals surface area contributed by atoms with E-state index in [4.69, 9.17) is 4.74 Å². The van der Waals surface area contributed by atoms with Crippen molar-refractivity contribution < 1.29 is 33.8 Å². The average Bonchev–Trinajstić information content (AvgIpc) is 3.22. The van der Waals surface area contributed by atoms with Crippen molar-refractivity contribution in [1.82, 2.24) is 0 Å². The molecule has 1 N–H and O–H groups in total. The van der Waals surface area contributed by atoms with E-state index in [2.05, 4.69) is 0 Å². The number of nitrogens with zero attached hydrogens (tertiary/aromatic N) is 1. The monoisotopic (exact) mass is 493 g/mol. The number of quaternary nitrogens is 1. The van der Waals surface area contributed by atoms with Crippen LogP contribution in [0.1, 0.15) is 73.6 Å². The standard InChI is InChI=1S/C21H35NO6S3/c1-14(28-16(23)10-8-7-9-15-11-12-30-31-15)22(18(26)27)20(5,6)29-13-21(22,17(24)25)19(2,3)4/h14-15H,7-13H2,1-6H3,(H-,24,25,26,27)/t14?,15-,21-,22?/m1/s1. The number of amides is 1. The van der Waals surface area contributed by atoms with Gasteiger partial charge in [0.25, 0.3) is 6.09 Å². The van der Waals surface area contributed by atoms with Crippen molar-refractivity contribution in [3.8, 4) is 0 Å². The van der Waals surface area contributed by atoms with E-state index >= 15 is 0 Å². The van der Waals surface area contributed by atoms with Gasteiger partial charge in [0.1, 0.15) is 4.87 Å². The number of ether oxygens (including phenoxy) is 1. The minimum atomic E-state index is -1.73. The van der Waals surface area contributed by atoms with Crippen LogP contribution in [0.3, 0.4) is 0 Å². The van der Waals surface area contributed by atoms with Gasteiger partial charge in [0.15, 0.2) is 0 Å². The largest absolute Gasteiger partial charge is 0.498 e. The first kappa shape index (κ1) is 26.7. The average molecular weight is 494 g/mol. The lowest BCUT2D eigenvalue weighted by atomic mass is 9.71. The summed E-state index contributed by atoms with van der Waals surface area (Å²) in [5.74, 6) is -0.478. The van der Waals surface area contributed by atoms with Crippen molar-refractivity contribution >= 4 is 51.4 Å². The van der Waals surface area contributed by atoms with E-state index in [0.717, 1.165) is 12.8 Å². The van der Waals surface area contributed by atoms with Crippen LogP contribution >= 0.6 is 33.3 Å². The van der Waals surface area contributed by atoms with E-state index in [9.17, 15) is 24.6 Å². The molecule has 0 bridgehead atoms. The van der Waals surface area contributed by atoms with Crippen LogP contribution in [0.2, 0.25) is 0 Å². The van der Waals surface area contributed by atoms with Crippen LogP contribution in [0.25, 0.3) is 0 Å². The second kappa shape index (κ2) is 9.73. The van der Waals surface area contributed by atoms with E-state index in [1.807, 2.05) is 21.6 Å². The summed E-state index contributed by atoms with van der Waals surface area (Å²) in [4.78, 5) is 36.9. The molecule has 0 aliphatic carbocycles. The van der Waals surface area contributed by atoms with Crippen LogP contribution in [-0.4, -0.2) is 61.0 Å². The highest BCUT2D eigenvalue weighted by molar-refractivity contribution is 8.77. The summed E-state index contributed by atoms with van der Waals surface area (Å²) in [7, 11) is 3.79. The minimum Gasteiger partial charge on any atom is -0.498 e. The van der Waals surface area contributed by atoms with Gasteiger partial charge in [-0.3, -0.25) is 4.79 Å². The summed E-state index contributed by atoms with van der Waals surface area (Å²) in [6.45, 7) is 10.0. The number of carbonyl (C=O) groups is 3. The third kappa shape index (κ3) is 4.59. The van der Waals surface area contributed by atoms with Gasteiger partial charge >= 0.3 is 11.9 Å². The predicted octanol–water partition coefficient (Wildman–Crippen LogP) is 4.10. The maximum Gasteiger partial charge on any atom is 0.367 e. The van der Waals surface area contributed by atoms with E-state index in [-0.39, 0.29) is 12.2 Å². The highest BCUT2D eigenvalue weighted by Crippen LogP contribution is 2.59. The molecule has 2 aliphatic heterocycles. The number of carboxylic acid groups (broad SMARTS) is 2. The van der Waals surface area contributed by atoms with Crippen LogP contribution in [0.4, 0.5) is 4.79 Å². The molecular weight excluding hydrogens is 458 g/mol. The predicted molar refractivity (Wildman–Crippen MR) is 124 cm³/mol. The van der Waals surface area contributed by atoms with Crippen LogP contribution < -0.4 is 5.11 Å². The summed E-state index contributed by atoms with van der Waals surface area (Å²) in [5, 5.41) is 23.7. The highest BCUT2D eigenvalue weighted by Gasteiger charge is 2.77. The van der Waals surface area contributed by atoms with Gasteiger partial charge in [-0.25, -0.2) is 9.28 Å². The number of unbranched alkanes of at least 4 members (excludes halogenated alkanes) is 1. The summed E-state index contributed by atoms with van der Waals surface area (Å²) >= 11 is 1.26. The Bertz CT molecular complexity index is 704. The number of hydrogen-bond acceptors (Lipinski definition) is 8. The zero-order chi connectivity index (χ0) is 23.7. The molecule has 0 radical (unpaired) electrons. The summed E-state index contributed by atoms with van der Waals surface area (Å²) in [5.41, 5.74) is -2.66. The van der Waals surface area contributed by atoms with E-state index in [0.29, 0.717) is 11.7 Å². The summed E-state index contributed by atoms with van der Waals surface area (Å²) in [6.07, 6.45) is 1.26. The van der Waals surface area contributed by atoms with E-state index in [1.165, 1.54) is 30.9 Å². The van der Waals surface area contributed by atoms with Gasteiger partial charge in [0.05, 0.1) is 5.75 Å². The van der Waals surface area contributed by atoms with Gasteiger partial charge in [0.2, 0.25) is 11.8 Å². The topological polar surface area (TPSA) is 104 Å². The van der Waals surface area contributed by atoms with Crippen LogP contribution in [0.5, 0.6) is 0 Å². The van der Waals surface area contributed by atoms with Crippen LogP contribution in [-0.2, 0) is 14.3 Å². The smallest absolute Gasteiger partial charge is 0.367 e. The molecule has 2 rings (SSSR count). The third-order valence-electron chi connectivity index (χ3n) is 6.70. The zero-order valence-electron chi connectivity index (χ0n) is 19.3. The van der Waals surface area contributed by atoms with E-state index < -0.39 is 44.6 Å². The molecule has 2 unspecified atom stereocenters. The fourth-order valence-corrected chi connectivity index (χ4v) is 9.96. The van der Waals surface area contributed by atoms with Gasteiger partial charge < -0.3 is 19.7 Å². The van der Waals surface area contributed by atoms with Crippen molar-refractivity contribution in [1.29, 1.82) is 0 Å². The number of thioether (sulfide) groups is 1. The first-order valence-electron chi connectivity index (χ1n) is 10.7. The molecule has 0 aromatic heterocycles. The van der Waals surface area contributed by atoms with Gasteiger partial charge in [-0.2, -0.15) is 0 Å². The Morgan fingerprint density at radius 1 is 1.26 bits per heavy atom. The Hall–Kier alpha value is -0.580. The van der Waals surface area contributed by atoms with Gasteiger partial charge in [-0.15, -0.1) is 0 Å². The molecule has 0 saturated carbocycles. The first-order valence-corrected chi connectivity index (χ1v) is 14.1. The molecule has 10 heteroatoms. The molecular formula is C21H35NO6S3. The maximum atomic E-state index is 12.7. The molecule has 31 heavy (non-hydrogen) atoms.